The summed E-state index contributed by atoms with van der Waals surface area (Å²) >= 11 is 5.98. The molecule has 0 atom stereocenters. The highest BCUT2D eigenvalue weighted by Gasteiger charge is 2.10. The lowest BCUT2D eigenvalue weighted by atomic mass is 10.2. The van der Waals surface area contributed by atoms with Crippen molar-refractivity contribution in [2.45, 2.75) is 0 Å². The lowest BCUT2D eigenvalue weighted by Gasteiger charge is -2.03. The fourth-order valence-corrected chi connectivity index (χ4v) is 1.89. The first-order valence-electron chi connectivity index (χ1n) is 5.11. The molecule has 0 bridgehead atoms. The van der Waals surface area contributed by atoms with Crippen molar-refractivity contribution in [3.63, 3.8) is 0 Å². The van der Waals surface area contributed by atoms with Crippen LogP contribution in [0.4, 0.5) is 5.69 Å². The van der Waals surface area contributed by atoms with E-state index in [4.69, 9.17) is 17.3 Å². The Morgan fingerprint density at radius 2 is 2.06 bits per heavy atom. The number of para-hydroxylation sites is 1. The normalized spacial score (nSPS) is 10.9. The molecule has 0 aliphatic rings. The van der Waals surface area contributed by atoms with Crippen LogP contribution in [0.2, 0.25) is 5.02 Å². The average molecular weight is 245 g/mol. The molecule has 4 nitrogen and oxygen atoms in total. The molecule has 0 fully saturated rings. The van der Waals surface area contributed by atoms with Gasteiger partial charge in [0.15, 0.2) is 5.65 Å². The fourth-order valence-electron chi connectivity index (χ4n) is 1.72. The zero-order valence-corrected chi connectivity index (χ0v) is 9.57. The van der Waals surface area contributed by atoms with Gasteiger partial charge < -0.3 is 10.7 Å². The SMILES string of the molecule is Nc1c(Cl)cccc1-c1nc2ncccc2[nH]1. The number of imidazole rings is 1. The summed E-state index contributed by atoms with van der Waals surface area (Å²) in [5, 5.41) is 0.524. The molecule has 1 aromatic carbocycles. The smallest absolute Gasteiger partial charge is 0.178 e. The quantitative estimate of drug-likeness (QED) is 0.647. The van der Waals surface area contributed by atoms with E-state index in [1.165, 1.54) is 0 Å². The molecule has 0 unspecified atom stereocenters. The van der Waals surface area contributed by atoms with Gasteiger partial charge in [-0.25, -0.2) is 9.97 Å². The second-order valence-corrected chi connectivity index (χ2v) is 4.07. The number of H-pyrrole nitrogens is 1. The summed E-state index contributed by atoms with van der Waals surface area (Å²) in [6, 6.07) is 9.24. The van der Waals surface area contributed by atoms with Gasteiger partial charge in [-0.2, -0.15) is 0 Å². The molecule has 0 spiro atoms. The van der Waals surface area contributed by atoms with Crippen molar-refractivity contribution in [1.29, 1.82) is 0 Å². The summed E-state index contributed by atoms with van der Waals surface area (Å²) < 4.78 is 0. The summed E-state index contributed by atoms with van der Waals surface area (Å²) in [7, 11) is 0. The van der Waals surface area contributed by atoms with Crippen molar-refractivity contribution in [3.8, 4) is 11.4 Å². The van der Waals surface area contributed by atoms with E-state index in [0.717, 1.165) is 11.1 Å². The number of hydrogen-bond acceptors (Lipinski definition) is 3. The highest BCUT2D eigenvalue weighted by molar-refractivity contribution is 6.33. The van der Waals surface area contributed by atoms with Crippen LogP contribution in [0.15, 0.2) is 36.5 Å². The molecule has 84 valence electrons. The number of nitrogens with one attached hydrogen (secondary N) is 1. The fraction of sp³-hybridized carbons (Fsp3) is 0. The van der Waals surface area contributed by atoms with Crippen LogP contribution >= 0.6 is 11.6 Å². The number of aromatic amines is 1. The standard InChI is InChI=1S/C12H9ClN4/c13-8-4-1-3-7(10(8)14)11-16-9-5-2-6-15-12(9)17-11/h1-6H,14H2,(H,15,16,17). The Balaban J connectivity index is 2.24. The van der Waals surface area contributed by atoms with Crippen LogP contribution < -0.4 is 5.73 Å². The zero-order valence-electron chi connectivity index (χ0n) is 8.81. The van der Waals surface area contributed by atoms with Crippen LogP contribution in [0.25, 0.3) is 22.6 Å². The molecular formula is C12H9ClN4. The van der Waals surface area contributed by atoms with Crippen LogP contribution in [-0.4, -0.2) is 15.0 Å². The van der Waals surface area contributed by atoms with E-state index in [1.54, 1.807) is 12.3 Å². The van der Waals surface area contributed by atoms with Crippen molar-refractivity contribution in [2.24, 2.45) is 0 Å². The Morgan fingerprint density at radius 3 is 2.88 bits per heavy atom. The number of halogens is 1. The van der Waals surface area contributed by atoms with Gasteiger partial charge in [0, 0.05) is 11.8 Å². The van der Waals surface area contributed by atoms with E-state index >= 15 is 0 Å². The third-order valence-electron chi connectivity index (χ3n) is 2.57. The van der Waals surface area contributed by atoms with Crippen molar-refractivity contribution < 1.29 is 0 Å². The Hall–Kier alpha value is -2.07. The number of nitrogens with zero attached hydrogens (tertiary/aromatic N) is 2. The van der Waals surface area contributed by atoms with Crippen molar-refractivity contribution in [1.82, 2.24) is 15.0 Å². The Kier molecular flexibility index (Phi) is 2.23. The first-order valence-corrected chi connectivity index (χ1v) is 5.48. The minimum Gasteiger partial charge on any atom is -0.397 e. The molecule has 0 aliphatic carbocycles. The lowest BCUT2D eigenvalue weighted by molar-refractivity contribution is 1.30. The van der Waals surface area contributed by atoms with E-state index in [1.807, 2.05) is 24.3 Å². The van der Waals surface area contributed by atoms with Gasteiger partial charge in [0.1, 0.15) is 5.82 Å². The number of nitrogen functional groups attached to an aromatic ring is 1. The summed E-state index contributed by atoms with van der Waals surface area (Å²) in [5.74, 6) is 0.679. The third kappa shape index (κ3) is 1.62. The Bertz CT molecular complexity index is 657. The van der Waals surface area contributed by atoms with Crippen molar-refractivity contribution in [3.05, 3.63) is 41.6 Å². The van der Waals surface area contributed by atoms with Gasteiger partial charge in [0.2, 0.25) is 0 Å². The summed E-state index contributed by atoms with van der Waals surface area (Å²) in [4.78, 5) is 11.7. The summed E-state index contributed by atoms with van der Waals surface area (Å²) in [5.41, 5.74) is 8.78. The predicted octanol–water partition coefficient (Wildman–Crippen LogP) is 2.86. The molecular weight excluding hydrogens is 236 g/mol. The molecule has 17 heavy (non-hydrogen) atoms. The van der Waals surface area contributed by atoms with Gasteiger partial charge in [-0.05, 0) is 24.3 Å². The van der Waals surface area contributed by atoms with Crippen LogP contribution in [0, 0.1) is 0 Å². The van der Waals surface area contributed by atoms with E-state index in [9.17, 15) is 0 Å². The number of pyridine rings is 1. The first kappa shape index (κ1) is 10.1. The molecule has 5 heteroatoms. The topological polar surface area (TPSA) is 67.6 Å². The number of rotatable bonds is 1. The average Bonchev–Trinajstić information content (AvgIpc) is 2.76. The predicted molar refractivity (Wildman–Crippen MR) is 68.7 cm³/mol. The van der Waals surface area contributed by atoms with Crippen LogP contribution in [0.5, 0.6) is 0 Å². The number of aromatic nitrogens is 3. The van der Waals surface area contributed by atoms with Gasteiger partial charge >= 0.3 is 0 Å². The molecule has 3 rings (SSSR count). The van der Waals surface area contributed by atoms with Crippen LogP contribution in [-0.2, 0) is 0 Å². The maximum absolute atomic E-state index is 5.98. The number of benzene rings is 1. The second kappa shape index (κ2) is 3.75. The Morgan fingerprint density at radius 1 is 1.18 bits per heavy atom. The maximum Gasteiger partial charge on any atom is 0.178 e. The zero-order chi connectivity index (χ0) is 11.8. The molecule has 3 aromatic rings. The van der Waals surface area contributed by atoms with Gasteiger partial charge in [0.25, 0.3) is 0 Å². The minimum atomic E-state index is 0.522. The molecule has 2 aromatic heterocycles. The number of fused-ring (bicyclic) bond motifs is 1. The Labute approximate surface area is 102 Å². The molecule has 0 saturated carbocycles. The molecule has 0 radical (unpaired) electrons. The first-order chi connectivity index (χ1) is 8.25. The highest BCUT2D eigenvalue weighted by atomic mass is 35.5. The van der Waals surface area contributed by atoms with E-state index in [-0.39, 0.29) is 0 Å². The maximum atomic E-state index is 5.98. The summed E-state index contributed by atoms with van der Waals surface area (Å²) in [6.45, 7) is 0. The molecule has 0 aliphatic heterocycles. The summed E-state index contributed by atoms with van der Waals surface area (Å²) in [6.07, 6.45) is 1.70. The second-order valence-electron chi connectivity index (χ2n) is 3.66. The van der Waals surface area contributed by atoms with E-state index < -0.39 is 0 Å². The highest BCUT2D eigenvalue weighted by Crippen LogP contribution is 2.30. The molecule has 2 heterocycles. The largest absolute Gasteiger partial charge is 0.397 e. The van der Waals surface area contributed by atoms with Crippen LogP contribution in [0.3, 0.4) is 0 Å². The lowest BCUT2D eigenvalue weighted by Crippen LogP contribution is -1.92. The molecule has 0 saturated heterocycles. The van der Waals surface area contributed by atoms with E-state index in [0.29, 0.717) is 22.2 Å². The van der Waals surface area contributed by atoms with Gasteiger partial charge in [-0.1, -0.05) is 17.7 Å². The minimum absolute atomic E-state index is 0.522. The van der Waals surface area contributed by atoms with Gasteiger partial charge in [0.05, 0.1) is 16.2 Å². The van der Waals surface area contributed by atoms with Crippen molar-refractivity contribution >= 4 is 28.5 Å². The molecule has 3 N–H and O–H groups in total. The third-order valence-corrected chi connectivity index (χ3v) is 2.90. The van der Waals surface area contributed by atoms with Gasteiger partial charge in [-0.3, -0.25) is 0 Å². The van der Waals surface area contributed by atoms with Crippen LogP contribution in [0.1, 0.15) is 0 Å². The van der Waals surface area contributed by atoms with Gasteiger partial charge in [-0.15, -0.1) is 0 Å². The van der Waals surface area contributed by atoms with E-state index in [2.05, 4.69) is 15.0 Å². The number of hydrogen-bond donors (Lipinski definition) is 2. The monoisotopic (exact) mass is 244 g/mol. The molecule has 0 amide bonds. The number of anilines is 1. The number of nitrogens with two attached hydrogens (primary N) is 1. The van der Waals surface area contributed by atoms with Crippen molar-refractivity contribution in [2.75, 3.05) is 5.73 Å².